The van der Waals surface area contributed by atoms with E-state index < -0.39 is 0 Å². The zero-order valence-corrected chi connectivity index (χ0v) is 30.3. The summed E-state index contributed by atoms with van der Waals surface area (Å²) in [7, 11) is 0. The van der Waals surface area contributed by atoms with Crippen molar-refractivity contribution < 1.29 is 0 Å². The van der Waals surface area contributed by atoms with E-state index in [-0.39, 0.29) is 32.5 Å². The van der Waals surface area contributed by atoms with Crippen LogP contribution in [0.25, 0.3) is 0 Å². The van der Waals surface area contributed by atoms with E-state index >= 15 is 0 Å². The van der Waals surface area contributed by atoms with Crippen molar-refractivity contribution in [1.29, 1.82) is 0 Å². The summed E-state index contributed by atoms with van der Waals surface area (Å²) in [6, 6.07) is 8.43. The molecule has 0 aliphatic rings. The Morgan fingerprint density at radius 2 is 0.786 bits per heavy atom. The minimum absolute atomic E-state index is 0.0290. The molecule has 0 amide bonds. The third-order valence-corrected chi connectivity index (χ3v) is 6.69. The first-order chi connectivity index (χ1) is 18.6. The highest BCUT2D eigenvalue weighted by atomic mass is 14.9. The molecule has 3 aromatic rings. The molecule has 3 aromatic heterocycles. The minimum Gasteiger partial charge on any atom is -0.261 e. The fourth-order valence-electron chi connectivity index (χ4n) is 3.62. The second kappa shape index (κ2) is 13.3. The monoisotopic (exact) mass is 575 g/mol. The summed E-state index contributed by atoms with van der Waals surface area (Å²) in [4.78, 5) is 22.0. The summed E-state index contributed by atoms with van der Waals surface area (Å²) in [6.45, 7) is 39.2. The number of hydrogen-bond acceptors (Lipinski definition) is 5. The van der Waals surface area contributed by atoms with E-state index in [0.717, 1.165) is 22.9 Å². The lowest BCUT2D eigenvalue weighted by Crippen LogP contribution is -2.21. The van der Waals surface area contributed by atoms with Crippen LogP contribution < -0.4 is 0 Å². The van der Waals surface area contributed by atoms with E-state index in [0.29, 0.717) is 0 Å². The molecule has 234 valence electrons. The van der Waals surface area contributed by atoms with Gasteiger partial charge in [-0.2, -0.15) is 0 Å². The molecule has 0 fully saturated rings. The molecule has 0 N–H and O–H groups in total. The van der Waals surface area contributed by atoms with Gasteiger partial charge in [-0.15, -0.1) is 0 Å². The second-order valence-electron chi connectivity index (χ2n) is 17.5. The molecular formula is C37H61N5. The standard InChI is InChI=1S/C13H21N.2C12H20N2/c1-12(2,3)10-7-8-14-11(9-10)13(4,5)6;1-11(2,3)9-7-10(12(4,5)6)14-8-13-9;1-11(2,3)9-7-8-13-10(14-9)12(4,5)6/h7-9H,1-6H3;2*7-8H,1-6H3. The fraction of sp³-hybridized carbons (Fsp3) is 0.649. The number of aromatic nitrogens is 5. The zero-order valence-electron chi connectivity index (χ0n) is 30.3. The number of rotatable bonds is 0. The smallest absolute Gasteiger partial charge is 0.133 e. The summed E-state index contributed by atoms with van der Waals surface area (Å²) < 4.78 is 0. The van der Waals surface area contributed by atoms with Gasteiger partial charge in [0.15, 0.2) is 0 Å². The van der Waals surface area contributed by atoms with Gasteiger partial charge in [0.2, 0.25) is 0 Å². The molecule has 0 saturated heterocycles. The first kappa shape index (κ1) is 37.3. The average molecular weight is 576 g/mol. The van der Waals surface area contributed by atoms with Crippen LogP contribution in [-0.2, 0) is 32.5 Å². The van der Waals surface area contributed by atoms with Crippen molar-refractivity contribution in [2.75, 3.05) is 0 Å². The van der Waals surface area contributed by atoms with Crippen molar-refractivity contribution in [3.63, 3.8) is 0 Å². The van der Waals surface area contributed by atoms with Crippen molar-refractivity contribution in [2.45, 2.75) is 157 Å². The van der Waals surface area contributed by atoms with Crippen LogP contribution in [0.4, 0.5) is 0 Å². The highest BCUT2D eigenvalue weighted by molar-refractivity contribution is 5.26. The summed E-state index contributed by atoms with van der Waals surface area (Å²) >= 11 is 0. The van der Waals surface area contributed by atoms with Crippen molar-refractivity contribution in [3.8, 4) is 0 Å². The van der Waals surface area contributed by atoms with Crippen molar-refractivity contribution in [1.82, 2.24) is 24.9 Å². The van der Waals surface area contributed by atoms with E-state index in [9.17, 15) is 0 Å². The molecule has 5 nitrogen and oxygen atoms in total. The fourth-order valence-corrected chi connectivity index (χ4v) is 3.62. The van der Waals surface area contributed by atoms with Crippen LogP contribution in [0, 0.1) is 0 Å². The predicted molar refractivity (Wildman–Crippen MR) is 181 cm³/mol. The average Bonchev–Trinajstić information content (AvgIpc) is 2.82. The molecule has 0 aromatic carbocycles. The van der Waals surface area contributed by atoms with Crippen LogP contribution in [0.15, 0.2) is 43.0 Å². The van der Waals surface area contributed by atoms with Crippen LogP contribution >= 0.6 is 0 Å². The van der Waals surface area contributed by atoms with Gasteiger partial charge in [-0.25, -0.2) is 19.9 Å². The molecule has 3 rings (SSSR count). The number of hydrogen-bond donors (Lipinski definition) is 0. The Kier molecular flexibility index (Phi) is 11.8. The summed E-state index contributed by atoms with van der Waals surface area (Å²) in [5, 5.41) is 0. The highest BCUT2D eigenvalue weighted by Gasteiger charge is 2.23. The Labute approximate surface area is 258 Å². The molecule has 0 aliphatic carbocycles. The predicted octanol–water partition coefficient (Wildman–Crippen LogP) is 9.82. The molecule has 0 saturated carbocycles. The third-order valence-electron chi connectivity index (χ3n) is 6.69. The van der Waals surface area contributed by atoms with Gasteiger partial charge in [0.1, 0.15) is 12.2 Å². The van der Waals surface area contributed by atoms with Crippen LogP contribution in [0.2, 0.25) is 0 Å². The number of nitrogens with zero attached hydrogens (tertiary/aromatic N) is 5. The first-order valence-corrected chi connectivity index (χ1v) is 15.3. The zero-order chi connectivity index (χ0) is 32.9. The number of pyridine rings is 1. The van der Waals surface area contributed by atoms with Gasteiger partial charge in [-0.1, -0.05) is 125 Å². The molecule has 5 heteroatoms. The topological polar surface area (TPSA) is 64.5 Å². The molecule has 3 heterocycles. The second-order valence-corrected chi connectivity index (χ2v) is 17.5. The molecule has 0 radical (unpaired) electrons. The Morgan fingerprint density at radius 3 is 1.17 bits per heavy atom. The molecule has 0 atom stereocenters. The maximum absolute atomic E-state index is 4.60. The largest absolute Gasteiger partial charge is 0.261 e. The van der Waals surface area contributed by atoms with E-state index in [1.165, 1.54) is 11.3 Å². The lowest BCUT2D eigenvalue weighted by molar-refractivity contribution is 0.513. The van der Waals surface area contributed by atoms with E-state index in [4.69, 9.17) is 0 Å². The van der Waals surface area contributed by atoms with E-state index in [2.05, 4.69) is 168 Å². The van der Waals surface area contributed by atoms with Crippen molar-refractivity contribution in [2.24, 2.45) is 0 Å². The lowest BCUT2D eigenvalue weighted by atomic mass is 9.84. The summed E-state index contributed by atoms with van der Waals surface area (Å²) in [6.07, 6.45) is 5.44. The van der Waals surface area contributed by atoms with Crippen LogP contribution in [0.3, 0.4) is 0 Å². The first-order valence-electron chi connectivity index (χ1n) is 15.3. The van der Waals surface area contributed by atoms with E-state index in [1.54, 1.807) is 6.33 Å². The maximum atomic E-state index is 4.60. The van der Waals surface area contributed by atoms with Crippen LogP contribution in [0.5, 0.6) is 0 Å². The van der Waals surface area contributed by atoms with Gasteiger partial charge in [0, 0.05) is 62.2 Å². The van der Waals surface area contributed by atoms with Crippen LogP contribution in [0.1, 0.15) is 159 Å². The SMILES string of the molecule is CC(C)(C)c1cc(C(C)(C)C)ncn1.CC(C)(C)c1ccnc(C(C)(C)C)c1.CC(C)(C)c1ccnc(C(C)(C)C)n1. The molecule has 0 aliphatic heterocycles. The Morgan fingerprint density at radius 1 is 0.381 bits per heavy atom. The Bertz CT molecular complexity index is 1020. The molecule has 42 heavy (non-hydrogen) atoms. The molecular weight excluding hydrogens is 514 g/mol. The van der Waals surface area contributed by atoms with Gasteiger partial charge >= 0.3 is 0 Å². The van der Waals surface area contributed by atoms with Crippen molar-refractivity contribution in [3.05, 3.63) is 77.2 Å². The summed E-state index contributed by atoms with van der Waals surface area (Å²) in [5.41, 5.74) is 6.54. The van der Waals surface area contributed by atoms with Gasteiger partial charge in [-0.05, 0) is 35.2 Å². The van der Waals surface area contributed by atoms with Gasteiger partial charge in [0.05, 0.1) is 0 Å². The van der Waals surface area contributed by atoms with Gasteiger partial charge in [-0.3, -0.25) is 4.98 Å². The normalized spacial score (nSPS) is 13.0. The molecule has 0 bridgehead atoms. The molecule has 0 spiro atoms. The third kappa shape index (κ3) is 12.3. The van der Waals surface area contributed by atoms with Crippen molar-refractivity contribution >= 4 is 0 Å². The molecule has 0 unspecified atom stereocenters. The summed E-state index contributed by atoms with van der Waals surface area (Å²) in [5.74, 6) is 0.921. The van der Waals surface area contributed by atoms with E-state index in [1.807, 2.05) is 18.5 Å². The Balaban J connectivity index is 0.000000315. The lowest BCUT2D eigenvalue weighted by Gasteiger charge is -2.23. The quantitative estimate of drug-likeness (QED) is 0.267. The minimum atomic E-state index is 0.0290. The van der Waals surface area contributed by atoms with Gasteiger partial charge < -0.3 is 0 Å². The van der Waals surface area contributed by atoms with Gasteiger partial charge in [0.25, 0.3) is 0 Å². The Hall–Kier alpha value is -2.69. The van der Waals surface area contributed by atoms with Crippen LogP contribution in [-0.4, -0.2) is 24.9 Å². The maximum Gasteiger partial charge on any atom is 0.133 e. The highest BCUT2D eigenvalue weighted by Crippen LogP contribution is 2.27.